The van der Waals surface area contributed by atoms with Gasteiger partial charge in [-0.25, -0.2) is 0 Å². The predicted molar refractivity (Wildman–Crippen MR) is 71.8 cm³/mol. The molecule has 0 aromatic carbocycles. The van der Waals surface area contributed by atoms with Gasteiger partial charge in [-0.2, -0.15) is 0 Å². The number of carbonyl (C=O) groups excluding carboxylic acids is 2. The van der Waals surface area contributed by atoms with E-state index in [4.69, 9.17) is 14.2 Å². The maximum atomic E-state index is 11.3. The van der Waals surface area contributed by atoms with Gasteiger partial charge in [0.05, 0.1) is 0 Å². The molecule has 0 bridgehead atoms. The van der Waals surface area contributed by atoms with Crippen molar-refractivity contribution in [2.45, 2.75) is 59.2 Å². The van der Waals surface area contributed by atoms with E-state index in [1.54, 1.807) is 0 Å². The topological polar surface area (TPSA) is 61.8 Å². The van der Waals surface area contributed by atoms with E-state index in [0.29, 0.717) is 13.2 Å². The fourth-order valence-corrected chi connectivity index (χ4v) is 1.28. The van der Waals surface area contributed by atoms with E-state index < -0.39 is 12.3 Å². The molecule has 0 N–H and O–H groups in total. The van der Waals surface area contributed by atoms with Crippen LogP contribution >= 0.6 is 0 Å². The van der Waals surface area contributed by atoms with Crippen LogP contribution < -0.4 is 0 Å². The van der Waals surface area contributed by atoms with E-state index in [1.807, 2.05) is 0 Å². The molecule has 0 aliphatic rings. The molecule has 0 spiro atoms. The Morgan fingerprint density at radius 1 is 1.00 bits per heavy atom. The number of ketones is 1. The third-order valence-electron chi connectivity index (χ3n) is 2.38. The maximum Gasteiger partial charge on any atom is 0.313 e. The summed E-state index contributed by atoms with van der Waals surface area (Å²) in [5, 5.41) is 0. The third-order valence-corrected chi connectivity index (χ3v) is 2.38. The molecule has 115 valence electrons. The predicted octanol–water partition coefficient (Wildman–Crippen LogP) is 2.47. The molecule has 0 aromatic rings. The van der Waals surface area contributed by atoms with E-state index in [2.05, 4.69) is 13.8 Å². The van der Waals surface area contributed by atoms with Crippen LogP contribution in [0.1, 0.15) is 52.9 Å². The Morgan fingerprint density at radius 3 is 1.90 bits per heavy atom. The van der Waals surface area contributed by atoms with Crippen LogP contribution in [0.4, 0.5) is 0 Å². The van der Waals surface area contributed by atoms with Crippen LogP contribution in [0.25, 0.3) is 0 Å². The molecule has 0 heterocycles. The molecule has 0 saturated heterocycles. The van der Waals surface area contributed by atoms with Gasteiger partial charge >= 0.3 is 5.97 Å². The van der Waals surface area contributed by atoms with Gasteiger partial charge in [-0.05, 0) is 19.8 Å². The van der Waals surface area contributed by atoms with Crippen molar-refractivity contribution in [3.8, 4) is 0 Å². The van der Waals surface area contributed by atoms with Crippen LogP contribution in [0.3, 0.4) is 0 Å². The zero-order valence-corrected chi connectivity index (χ0v) is 15.7. The summed E-state index contributed by atoms with van der Waals surface area (Å²) >= 11 is 0. The van der Waals surface area contributed by atoms with Crippen LogP contribution in [0, 0.1) is 0 Å². The Labute approximate surface area is 147 Å². The van der Waals surface area contributed by atoms with Gasteiger partial charge in [0.15, 0.2) is 6.29 Å². The second-order valence-electron chi connectivity index (χ2n) is 4.44. The van der Waals surface area contributed by atoms with Crippen molar-refractivity contribution < 1.29 is 56.5 Å². The van der Waals surface area contributed by atoms with E-state index in [9.17, 15) is 9.59 Å². The Hall–Kier alpha value is 0.164. The minimum Gasteiger partial charge on any atom is -0.460 e. The number of hydrogen-bond donors (Lipinski definition) is 0. The zero-order valence-electron chi connectivity index (χ0n) is 12.9. The molecule has 0 aromatic heterocycles. The number of ether oxygens (including phenoxy) is 3. The normalized spacial score (nSPS) is 10.2. The molecule has 5 nitrogen and oxygen atoms in total. The summed E-state index contributed by atoms with van der Waals surface area (Å²) in [7, 11) is 0. The van der Waals surface area contributed by atoms with Gasteiger partial charge in [0, 0.05) is 45.9 Å². The smallest absolute Gasteiger partial charge is 0.313 e. The number of carbonyl (C=O) groups is 2. The fourth-order valence-electron chi connectivity index (χ4n) is 1.28. The molecule has 0 saturated carbocycles. The Morgan fingerprint density at radius 2 is 1.50 bits per heavy atom. The SMILES string of the molecule is CCCCOC(COC(=O)CC(C)=O)OCCCC.[Y]. The fraction of sp³-hybridized carbons (Fsp3) is 0.857. The van der Waals surface area contributed by atoms with Gasteiger partial charge in [-0.1, -0.05) is 26.7 Å². The second-order valence-corrected chi connectivity index (χ2v) is 4.44. The molecule has 0 unspecified atom stereocenters. The molecular weight excluding hydrogens is 337 g/mol. The molecule has 0 fully saturated rings. The summed E-state index contributed by atoms with van der Waals surface area (Å²) in [6.07, 6.45) is 3.21. The van der Waals surface area contributed by atoms with Crippen molar-refractivity contribution >= 4 is 11.8 Å². The van der Waals surface area contributed by atoms with Crippen molar-refractivity contribution in [3.63, 3.8) is 0 Å². The first-order chi connectivity index (χ1) is 9.10. The molecule has 0 rings (SSSR count). The third kappa shape index (κ3) is 14.6. The summed E-state index contributed by atoms with van der Waals surface area (Å²) in [6, 6.07) is 0. The monoisotopic (exact) mass is 363 g/mol. The van der Waals surface area contributed by atoms with E-state index in [0.717, 1.165) is 25.7 Å². The molecule has 0 aliphatic heterocycles. The first-order valence-corrected chi connectivity index (χ1v) is 6.98. The summed E-state index contributed by atoms with van der Waals surface area (Å²) < 4.78 is 16.0. The number of hydrogen-bond acceptors (Lipinski definition) is 5. The first kappa shape index (κ1) is 22.4. The average Bonchev–Trinajstić information content (AvgIpc) is 2.35. The molecule has 0 aliphatic carbocycles. The quantitative estimate of drug-likeness (QED) is 0.231. The van der Waals surface area contributed by atoms with Crippen molar-refractivity contribution in [1.29, 1.82) is 0 Å². The van der Waals surface area contributed by atoms with Gasteiger partial charge < -0.3 is 14.2 Å². The minimum absolute atomic E-state index is 0. The van der Waals surface area contributed by atoms with E-state index >= 15 is 0 Å². The Bertz CT molecular complexity index is 248. The van der Waals surface area contributed by atoms with Crippen molar-refractivity contribution in [3.05, 3.63) is 0 Å². The summed E-state index contributed by atoms with van der Waals surface area (Å²) in [6.45, 7) is 6.70. The minimum atomic E-state index is -0.533. The second kappa shape index (κ2) is 15.6. The zero-order chi connectivity index (χ0) is 14.5. The molecule has 0 atom stereocenters. The van der Waals surface area contributed by atoms with Gasteiger partial charge in [0.25, 0.3) is 0 Å². The summed E-state index contributed by atoms with van der Waals surface area (Å²) in [5.74, 6) is -0.740. The van der Waals surface area contributed by atoms with Gasteiger partial charge in [0.1, 0.15) is 18.8 Å². The summed E-state index contributed by atoms with van der Waals surface area (Å²) in [4.78, 5) is 22.0. The van der Waals surface area contributed by atoms with Crippen LogP contribution in [-0.2, 0) is 56.5 Å². The standard InChI is InChI=1S/C14H26O5.Y/c1-4-6-8-17-14(18-9-7-5-2)11-19-13(16)10-12(3)15;/h14H,4-11H2,1-3H3;. The Kier molecular flexibility index (Phi) is 17.5. The van der Waals surface area contributed by atoms with Crippen molar-refractivity contribution in [2.24, 2.45) is 0 Å². The van der Waals surface area contributed by atoms with Crippen molar-refractivity contribution in [1.82, 2.24) is 0 Å². The number of rotatable bonds is 12. The summed E-state index contributed by atoms with van der Waals surface area (Å²) in [5.41, 5.74) is 0. The van der Waals surface area contributed by atoms with E-state index in [-0.39, 0.29) is 51.5 Å². The van der Waals surface area contributed by atoms with Crippen LogP contribution in [-0.4, -0.2) is 37.9 Å². The number of unbranched alkanes of at least 4 members (excludes halogenated alkanes) is 2. The number of esters is 1. The molecule has 6 heteroatoms. The average molecular weight is 363 g/mol. The first-order valence-electron chi connectivity index (χ1n) is 6.98. The molecule has 1 radical (unpaired) electrons. The van der Waals surface area contributed by atoms with Gasteiger partial charge in [-0.3, -0.25) is 9.59 Å². The largest absolute Gasteiger partial charge is 0.460 e. The van der Waals surface area contributed by atoms with Crippen LogP contribution in [0.15, 0.2) is 0 Å². The maximum absolute atomic E-state index is 11.3. The van der Waals surface area contributed by atoms with Crippen molar-refractivity contribution in [2.75, 3.05) is 19.8 Å². The molecular formula is C14H26O5Y. The number of Topliss-reactive ketones (excluding diaryl/α,β-unsaturated/α-hetero) is 1. The molecule has 20 heavy (non-hydrogen) atoms. The van der Waals surface area contributed by atoms with Gasteiger partial charge in [-0.15, -0.1) is 0 Å². The van der Waals surface area contributed by atoms with E-state index in [1.165, 1.54) is 6.92 Å². The Balaban J connectivity index is 0. The van der Waals surface area contributed by atoms with Gasteiger partial charge in [0.2, 0.25) is 0 Å². The molecule has 0 amide bonds. The van der Waals surface area contributed by atoms with Crippen LogP contribution in [0.2, 0.25) is 0 Å². The van der Waals surface area contributed by atoms with Crippen LogP contribution in [0.5, 0.6) is 0 Å².